The maximum atomic E-state index is 12.5. The van der Waals surface area contributed by atoms with Crippen molar-refractivity contribution in [2.75, 3.05) is 54.1 Å². The molecule has 2 heterocycles. The zero-order valence-corrected chi connectivity index (χ0v) is 24.7. The van der Waals surface area contributed by atoms with Gasteiger partial charge >= 0.3 is 0 Å². The van der Waals surface area contributed by atoms with Crippen LogP contribution in [0, 0.1) is 12.8 Å². The Labute approximate surface area is 242 Å². The molecule has 3 N–H and O–H groups in total. The van der Waals surface area contributed by atoms with Crippen molar-refractivity contribution in [3.8, 4) is 5.75 Å². The second-order valence-corrected chi connectivity index (χ2v) is 10.6. The molecule has 218 valence electrons. The van der Waals surface area contributed by atoms with E-state index < -0.39 is 0 Å². The molecule has 1 atom stereocenters. The summed E-state index contributed by atoms with van der Waals surface area (Å²) in [6.45, 7) is 10.7. The van der Waals surface area contributed by atoms with Crippen LogP contribution in [0.15, 0.2) is 48.7 Å². The van der Waals surface area contributed by atoms with Gasteiger partial charge in [0.1, 0.15) is 11.6 Å². The normalized spacial score (nSPS) is 13.9. The number of benzene rings is 2. The van der Waals surface area contributed by atoms with Gasteiger partial charge in [0.15, 0.2) is 0 Å². The summed E-state index contributed by atoms with van der Waals surface area (Å²) in [5.41, 5.74) is 4.21. The van der Waals surface area contributed by atoms with Gasteiger partial charge in [-0.3, -0.25) is 9.59 Å². The average molecular weight is 560 g/mol. The molecule has 0 bridgehead atoms. The Morgan fingerprint density at radius 3 is 2.51 bits per heavy atom. The number of carbonyl (C=O) groups excluding carboxylic acids is 2. The Balaban J connectivity index is 1.43. The number of carbonyl (C=O) groups is 2. The number of nitrogens with one attached hydrogen (secondary N) is 3. The summed E-state index contributed by atoms with van der Waals surface area (Å²) in [6, 6.07) is 13.6. The molecule has 10 heteroatoms. The van der Waals surface area contributed by atoms with E-state index in [9.17, 15) is 9.59 Å². The molecule has 0 aliphatic carbocycles. The number of nitrogens with zero attached hydrogens (tertiary/aromatic N) is 4. The quantitative estimate of drug-likeness (QED) is 0.274. The number of rotatable bonds is 11. The van der Waals surface area contributed by atoms with Crippen molar-refractivity contribution in [3.63, 3.8) is 0 Å². The lowest BCUT2D eigenvalue weighted by atomic mass is 10.0. The minimum atomic E-state index is 0.0195. The topological polar surface area (TPSA) is 112 Å². The first-order valence-corrected chi connectivity index (χ1v) is 14.2. The van der Waals surface area contributed by atoms with Crippen LogP contribution < -0.4 is 25.6 Å². The van der Waals surface area contributed by atoms with E-state index in [0.717, 1.165) is 54.2 Å². The number of aromatic nitrogens is 2. The molecule has 3 aromatic rings. The highest BCUT2D eigenvalue weighted by Gasteiger charge is 2.20. The van der Waals surface area contributed by atoms with Crippen LogP contribution in [0.1, 0.15) is 45.6 Å². The number of piperazine rings is 1. The van der Waals surface area contributed by atoms with Crippen molar-refractivity contribution in [3.05, 3.63) is 54.2 Å². The summed E-state index contributed by atoms with van der Waals surface area (Å²) >= 11 is 0. The molecule has 10 nitrogen and oxygen atoms in total. The first-order valence-electron chi connectivity index (χ1n) is 14.2. The highest BCUT2D eigenvalue weighted by Crippen LogP contribution is 2.32. The fraction of sp³-hybridized carbons (Fsp3) is 0.419. The van der Waals surface area contributed by atoms with E-state index in [1.165, 1.54) is 0 Å². The number of ether oxygens (including phenoxy) is 1. The van der Waals surface area contributed by atoms with E-state index in [0.29, 0.717) is 42.9 Å². The maximum absolute atomic E-state index is 12.5. The number of methoxy groups -OCH3 is 1. The van der Waals surface area contributed by atoms with E-state index in [-0.39, 0.29) is 11.8 Å². The maximum Gasteiger partial charge on any atom is 0.229 e. The van der Waals surface area contributed by atoms with Crippen LogP contribution in [0.3, 0.4) is 0 Å². The van der Waals surface area contributed by atoms with Gasteiger partial charge in [-0.2, -0.15) is 4.98 Å². The molecule has 1 aliphatic rings. The molecule has 1 aliphatic heterocycles. The molecule has 0 saturated carbocycles. The molecular formula is C31H41N7O3. The van der Waals surface area contributed by atoms with Gasteiger partial charge < -0.3 is 30.5 Å². The second kappa shape index (κ2) is 13.8. The number of hydrogen-bond acceptors (Lipinski definition) is 8. The molecule has 1 aromatic heterocycles. The van der Waals surface area contributed by atoms with Crippen LogP contribution in [0.5, 0.6) is 5.75 Å². The lowest BCUT2D eigenvalue weighted by molar-refractivity contribution is -0.129. The van der Waals surface area contributed by atoms with Crippen LogP contribution in [-0.2, 0) is 9.59 Å². The minimum absolute atomic E-state index is 0.0195. The van der Waals surface area contributed by atoms with Gasteiger partial charge in [0, 0.05) is 74.4 Å². The third kappa shape index (κ3) is 8.09. The highest BCUT2D eigenvalue weighted by atomic mass is 16.5. The fourth-order valence-corrected chi connectivity index (χ4v) is 4.94. The first kappa shape index (κ1) is 29.6. The van der Waals surface area contributed by atoms with Gasteiger partial charge in [-0.05, 0) is 43.2 Å². The second-order valence-electron chi connectivity index (χ2n) is 10.6. The molecule has 41 heavy (non-hydrogen) atoms. The van der Waals surface area contributed by atoms with Crippen LogP contribution in [0.25, 0.3) is 0 Å². The third-order valence-corrected chi connectivity index (χ3v) is 7.22. The van der Waals surface area contributed by atoms with Crippen molar-refractivity contribution >= 4 is 46.3 Å². The molecular weight excluding hydrogens is 518 g/mol. The molecule has 0 spiro atoms. The Morgan fingerprint density at radius 2 is 1.80 bits per heavy atom. The highest BCUT2D eigenvalue weighted by molar-refractivity contribution is 5.91. The standard InChI is InChI=1S/C31H41N7O3/c1-6-8-21(2)17-29(40)33-24-9-7-10-25(18-24)34-30-22(3)20-32-31(36-30)35-27-12-11-26(19-28(27)41-5)38-15-13-37(14-16-38)23(4)39/h7,9-12,18-21H,6,8,13-17H2,1-5H3,(H,33,40)(H2,32,34,35,36). The monoisotopic (exact) mass is 559 g/mol. The Kier molecular flexibility index (Phi) is 10.00. The van der Waals surface area contributed by atoms with Gasteiger partial charge in [-0.1, -0.05) is 32.8 Å². The van der Waals surface area contributed by atoms with E-state index in [1.54, 1.807) is 20.2 Å². The largest absolute Gasteiger partial charge is 0.494 e. The zero-order valence-electron chi connectivity index (χ0n) is 24.7. The predicted molar refractivity (Wildman–Crippen MR) is 165 cm³/mol. The van der Waals surface area contributed by atoms with Crippen molar-refractivity contribution in [2.45, 2.75) is 47.0 Å². The molecule has 0 radical (unpaired) electrons. The van der Waals surface area contributed by atoms with Crippen molar-refractivity contribution < 1.29 is 14.3 Å². The number of hydrogen-bond donors (Lipinski definition) is 3. The molecule has 2 aromatic carbocycles. The average Bonchev–Trinajstić information content (AvgIpc) is 2.95. The number of amides is 2. The Morgan fingerprint density at radius 1 is 1.05 bits per heavy atom. The van der Waals surface area contributed by atoms with E-state index >= 15 is 0 Å². The summed E-state index contributed by atoms with van der Waals surface area (Å²) in [6.07, 6.45) is 4.37. The third-order valence-electron chi connectivity index (χ3n) is 7.22. The van der Waals surface area contributed by atoms with E-state index in [4.69, 9.17) is 9.72 Å². The fourth-order valence-electron chi connectivity index (χ4n) is 4.94. The smallest absolute Gasteiger partial charge is 0.229 e. The van der Waals surface area contributed by atoms with Gasteiger partial charge in [-0.15, -0.1) is 0 Å². The molecule has 2 amide bonds. The van der Waals surface area contributed by atoms with Crippen LogP contribution >= 0.6 is 0 Å². The van der Waals surface area contributed by atoms with Gasteiger partial charge in [0.05, 0.1) is 12.8 Å². The zero-order chi connectivity index (χ0) is 29.4. The molecule has 4 rings (SSSR count). The number of anilines is 6. The summed E-state index contributed by atoms with van der Waals surface area (Å²) < 4.78 is 5.68. The molecule has 1 fully saturated rings. The first-order chi connectivity index (χ1) is 19.7. The van der Waals surface area contributed by atoms with Gasteiger partial charge in [-0.25, -0.2) is 4.98 Å². The van der Waals surface area contributed by atoms with Crippen molar-refractivity contribution in [2.24, 2.45) is 5.92 Å². The van der Waals surface area contributed by atoms with Gasteiger partial charge in [0.25, 0.3) is 0 Å². The van der Waals surface area contributed by atoms with E-state index in [2.05, 4.69) is 39.7 Å². The molecule has 1 saturated heterocycles. The molecule has 1 unspecified atom stereocenters. The van der Waals surface area contributed by atoms with Crippen LogP contribution in [-0.4, -0.2) is 60.0 Å². The summed E-state index contributed by atoms with van der Waals surface area (Å²) in [5, 5.41) is 9.64. The predicted octanol–water partition coefficient (Wildman–Crippen LogP) is 5.71. The summed E-state index contributed by atoms with van der Waals surface area (Å²) in [7, 11) is 1.64. The van der Waals surface area contributed by atoms with Crippen LogP contribution in [0.4, 0.5) is 34.5 Å². The van der Waals surface area contributed by atoms with E-state index in [1.807, 2.05) is 54.3 Å². The summed E-state index contributed by atoms with van der Waals surface area (Å²) in [4.78, 5) is 37.4. The SMILES string of the molecule is CCCC(C)CC(=O)Nc1cccc(Nc2nc(Nc3ccc(N4CCN(C(C)=O)CC4)cc3OC)ncc2C)c1. The Bertz CT molecular complexity index is 1360. The van der Waals surface area contributed by atoms with Crippen molar-refractivity contribution in [1.29, 1.82) is 0 Å². The lowest BCUT2D eigenvalue weighted by Gasteiger charge is -2.35. The minimum Gasteiger partial charge on any atom is -0.494 e. The van der Waals surface area contributed by atoms with Crippen LogP contribution in [0.2, 0.25) is 0 Å². The Hall–Kier alpha value is -4.34. The van der Waals surface area contributed by atoms with Gasteiger partial charge in [0.2, 0.25) is 17.8 Å². The lowest BCUT2D eigenvalue weighted by Crippen LogP contribution is -2.48. The number of aryl methyl sites for hydroxylation is 1. The summed E-state index contributed by atoms with van der Waals surface area (Å²) in [5.74, 6) is 2.24. The van der Waals surface area contributed by atoms with Crippen molar-refractivity contribution in [1.82, 2.24) is 14.9 Å².